The van der Waals surface area contributed by atoms with Crippen LogP contribution < -0.4 is 9.84 Å². The van der Waals surface area contributed by atoms with Crippen LogP contribution in [0.15, 0.2) is 97.2 Å². The molecule has 0 fully saturated rings. The smallest absolute Gasteiger partial charge is 0.480 e. The first kappa shape index (κ1) is 34.6. The van der Waals surface area contributed by atoms with Gasteiger partial charge in [0.2, 0.25) is 5.91 Å². The zero-order valence-corrected chi connectivity index (χ0v) is 24.0. The highest BCUT2D eigenvalue weighted by molar-refractivity contribution is 7.46. The average molecular weight is 572 g/mol. The summed E-state index contributed by atoms with van der Waals surface area (Å²) in [5.41, 5.74) is 0.544. The van der Waals surface area contributed by atoms with E-state index in [1.54, 1.807) is 12.2 Å². The monoisotopic (exact) mass is 571 g/mol. The van der Waals surface area contributed by atoms with Crippen molar-refractivity contribution in [3.8, 4) is 5.75 Å². The standard InChI is InChI=1S/C31H42NO7P/c1-2-3-4-5-6-7-8-9-10-11-12-13-14-15-16-17-18-19-20-21-30(33)32-29(31(34)35)26-27-22-24-28(25-23-27)39-40(36,37)38/h10-25,29H,2-9,26H2,1H3,(H,32,33)(H,34,35)(H2,36,37,38)/t29-/m0/s1. The summed E-state index contributed by atoms with van der Waals surface area (Å²) in [6, 6.07) is 4.39. The highest BCUT2D eigenvalue weighted by Gasteiger charge is 2.20. The van der Waals surface area contributed by atoms with Gasteiger partial charge in [0.1, 0.15) is 11.8 Å². The molecule has 1 atom stereocenters. The summed E-state index contributed by atoms with van der Waals surface area (Å²) >= 11 is 0. The Kier molecular flexibility index (Phi) is 18.5. The maximum atomic E-state index is 12.1. The molecular formula is C31H42NO7P. The van der Waals surface area contributed by atoms with E-state index in [4.69, 9.17) is 9.79 Å². The number of hydrogen-bond donors (Lipinski definition) is 4. The number of phosphoric acid groups is 1. The minimum Gasteiger partial charge on any atom is -0.480 e. The van der Waals surface area contributed by atoms with Gasteiger partial charge in [-0.05, 0) is 30.5 Å². The van der Waals surface area contributed by atoms with Crippen molar-refractivity contribution in [1.82, 2.24) is 5.32 Å². The van der Waals surface area contributed by atoms with Crippen LogP contribution in [0.2, 0.25) is 0 Å². The normalized spacial score (nSPS) is 13.5. The van der Waals surface area contributed by atoms with Crippen molar-refractivity contribution in [3.05, 3.63) is 103 Å². The van der Waals surface area contributed by atoms with Gasteiger partial charge in [-0.25, -0.2) is 9.36 Å². The second-order valence-corrected chi connectivity index (χ2v) is 10.2. The van der Waals surface area contributed by atoms with Gasteiger partial charge in [-0.15, -0.1) is 0 Å². The molecule has 1 amide bonds. The molecular weight excluding hydrogens is 529 g/mol. The Morgan fingerprint density at radius 2 is 1.35 bits per heavy atom. The molecule has 9 heteroatoms. The summed E-state index contributed by atoms with van der Waals surface area (Å²) in [5, 5.41) is 11.8. The second kappa shape index (κ2) is 21.4. The molecule has 4 N–H and O–H groups in total. The van der Waals surface area contributed by atoms with Gasteiger partial charge in [-0.1, -0.05) is 124 Å². The lowest BCUT2D eigenvalue weighted by atomic mass is 10.1. The van der Waals surface area contributed by atoms with E-state index in [2.05, 4.69) is 28.9 Å². The van der Waals surface area contributed by atoms with Crippen LogP contribution in [-0.4, -0.2) is 32.8 Å². The average Bonchev–Trinajstić information content (AvgIpc) is 2.89. The molecule has 218 valence electrons. The molecule has 0 spiro atoms. The van der Waals surface area contributed by atoms with E-state index >= 15 is 0 Å². The summed E-state index contributed by atoms with van der Waals surface area (Å²) in [7, 11) is -4.68. The number of allylic oxidation sites excluding steroid dienone is 11. The third kappa shape index (κ3) is 19.6. The summed E-state index contributed by atoms with van der Waals surface area (Å²) in [6.07, 6.45) is 32.2. The van der Waals surface area contributed by atoms with E-state index in [0.717, 1.165) is 6.42 Å². The van der Waals surface area contributed by atoms with Crippen molar-refractivity contribution in [2.24, 2.45) is 0 Å². The van der Waals surface area contributed by atoms with E-state index in [0.29, 0.717) is 5.56 Å². The topological polar surface area (TPSA) is 133 Å². The van der Waals surface area contributed by atoms with Crippen molar-refractivity contribution in [2.75, 3.05) is 0 Å². The van der Waals surface area contributed by atoms with E-state index in [1.807, 2.05) is 36.5 Å². The number of aliphatic carboxylic acids is 1. The number of benzene rings is 1. The molecule has 0 aliphatic heterocycles. The molecule has 40 heavy (non-hydrogen) atoms. The molecule has 0 aliphatic carbocycles. The number of carbonyl (C=O) groups is 2. The predicted molar refractivity (Wildman–Crippen MR) is 160 cm³/mol. The molecule has 8 nitrogen and oxygen atoms in total. The van der Waals surface area contributed by atoms with Gasteiger partial charge in [-0.2, -0.15) is 0 Å². The first-order valence-electron chi connectivity index (χ1n) is 13.6. The minimum absolute atomic E-state index is 0.0144. The van der Waals surface area contributed by atoms with Crippen LogP contribution in [0, 0.1) is 0 Å². The number of carbonyl (C=O) groups excluding carboxylic acids is 1. The lowest BCUT2D eigenvalue weighted by Crippen LogP contribution is -2.41. The quantitative estimate of drug-likeness (QED) is 0.0589. The highest BCUT2D eigenvalue weighted by atomic mass is 31.2. The zero-order chi connectivity index (χ0) is 29.5. The third-order valence-electron chi connectivity index (χ3n) is 5.56. The van der Waals surface area contributed by atoms with Crippen LogP contribution in [0.5, 0.6) is 5.75 Å². The fraction of sp³-hybridized carbons (Fsp3) is 0.355. The number of rotatable bonds is 20. The molecule has 0 unspecified atom stereocenters. The van der Waals surface area contributed by atoms with Gasteiger partial charge in [-0.3, -0.25) is 14.6 Å². The maximum absolute atomic E-state index is 12.1. The van der Waals surface area contributed by atoms with Crippen molar-refractivity contribution >= 4 is 19.7 Å². The number of phosphoric ester groups is 1. The number of carboxylic acid groups (broad SMARTS) is 1. The molecule has 1 aromatic rings. The van der Waals surface area contributed by atoms with Crippen molar-refractivity contribution < 1.29 is 33.6 Å². The maximum Gasteiger partial charge on any atom is 0.524 e. The Morgan fingerprint density at radius 1 is 0.825 bits per heavy atom. The van der Waals surface area contributed by atoms with E-state index in [9.17, 15) is 19.3 Å². The Labute approximate surface area is 237 Å². The van der Waals surface area contributed by atoms with E-state index in [-0.39, 0.29) is 12.2 Å². The molecule has 1 rings (SSSR count). The molecule has 0 aliphatic rings. The Balaban J connectivity index is 2.31. The fourth-order valence-corrected chi connectivity index (χ4v) is 3.93. The summed E-state index contributed by atoms with van der Waals surface area (Å²) in [5.74, 6) is -1.82. The number of carboxylic acids is 1. The Morgan fingerprint density at radius 3 is 1.90 bits per heavy atom. The van der Waals surface area contributed by atoms with Gasteiger partial charge in [0.05, 0.1) is 0 Å². The molecule has 0 radical (unpaired) electrons. The van der Waals surface area contributed by atoms with Gasteiger partial charge in [0, 0.05) is 12.5 Å². The lowest BCUT2D eigenvalue weighted by molar-refractivity contribution is -0.141. The number of unbranched alkanes of at least 4 members (excludes halogenated alkanes) is 7. The molecule has 0 saturated carbocycles. The van der Waals surface area contributed by atoms with Crippen LogP contribution in [0.1, 0.15) is 63.9 Å². The SMILES string of the molecule is CCCCCCCCCC=CC=CC=CC=CC=CC=CC(=O)N[C@@H](Cc1ccc(OP(=O)(O)O)cc1)C(=O)O. The van der Waals surface area contributed by atoms with Gasteiger partial charge in [0.15, 0.2) is 0 Å². The van der Waals surface area contributed by atoms with Gasteiger partial charge < -0.3 is 14.9 Å². The molecule has 1 aromatic carbocycles. The van der Waals surface area contributed by atoms with Crippen LogP contribution in [0.25, 0.3) is 0 Å². The summed E-state index contributed by atoms with van der Waals surface area (Å²) in [6.45, 7) is 2.24. The zero-order valence-electron chi connectivity index (χ0n) is 23.1. The lowest BCUT2D eigenvalue weighted by Gasteiger charge is -2.14. The molecule has 0 aromatic heterocycles. The summed E-state index contributed by atoms with van der Waals surface area (Å²) < 4.78 is 15.3. The predicted octanol–water partition coefficient (Wildman–Crippen LogP) is 6.75. The van der Waals surface area contributed by atoms with E-state index < -0.39 is 25.7 Å². The van der Waals surface area contributed by atoms with Crippen LogP contribution in [-0.2, 0) is 20.6 Å². The van der Waals surface area contributed by atoms with Crippen molar-refractivity contribution in [1.29, 1.82) is 0 Å². The number of nitrogens with one attached hydrogen (secondary N) is 1. The second-order valence-electron chi connectivity index (χ2n) is 9.07. The Hall–Kier alpha value is -3.45. The molecule has 0 heterocycles. The fourth-order valence-electron chi connectivity index (χ4n) is 3.53. The number of amides is 1. The van der Waals surface area contributed by atoms with Crippen molar-refractivity contribution in [3.63, 3.8) is 0 Å². The van der Waals surface area contributed by atoms with Crippen molar-refractivity contribution in [2.45, 2.75) is 70.8 Å². The highest BCUT2D eigenvalue weighted by Crippen LogP contribution is 2.37. The summed E-state index contributed by atoms with van der Waals surface area (Å²) in [4.78, 5) is 41.3. The minimum atomic E-state index is -4.68. The molecule has 0 bridgehead atoms. The van der Waals surface area contributed by atoms with Crippen LogP contribution >= 0.6 is 7.82 Å². The van der Waals surface area contributed by atoms with Crippen LogP contribution in [0.4, 0.5) is 0 Å². The van der Waals surface area contributed by atoms with E-state index in [1.165, 1.54) is 81.4 Å². The first-order valence-corrected chi connectivity index (χ1v) is 15.1. The Bertz CT molecular complexity index is 1100. The van der Waals surface area contributed by atoms with Gasteiger partial charge >= 0.3 is 13.8 Å². The number of hydrogen-bond acceptors (Lipinski definition) is 4. The van der Waals surface area contributed by atoms with Crippen LogP contribution in [0.3, 0.4) is 0 Å². The third-order valence-corrected chi connectivity index (χ3v) is 6.01. The van der Waals surface area contributed by atoms with Gasteiger partial charge in [0.25, 0.3) is 0 Å². The largest absolute Gasteiger partial charge is 0.524 e. The first-order chi connectivity index (χ1) is 19.2. The molecule has 0 saturated heterocycles.